The Morgan fingerprint density at radius 2 is 1.90 bits per heavy atom. The molecule has 3 rings (SSSR count). The number of carbonyl (C=O) groups excluding carboxylic acids is 2. The Balaban J connectivity index is 1.61. The summed E-state index contributed by atoms with van der Waals surface area (Å²) in [5.74, 6) is -1.56. The summed E-state index contributed by atoms with van der Waals surface area (Å²) in [6.07, 6.45) is -4.45. The van der Waals surface area contributed by atoms with Gasteiger partial charge in [0.2, 0.25) is 11.8 Å². The first-order valence-corrected chi connectivity index (χ1v) is 9.13. The summed E-state index contributed by atoms with van der Waals surface area (Å²) in [5.41, 5.74) is 0.308. The van der Waals surface area contributed by atoms with E-state index in [4.69, 9.17) is 0 Å². The van der Waals surface area contributed by atoms with Crippen LogP contribution in [-0.4, -0.2) is 23.3 Å². The third-order valence-corrected chi connectivity index (χ3v) is 4.94. The summed E-state index contributed by atoms with van der Waals surface area (Å²) in [6, 6.07) is 10.2. The molecule has 2 aromatic rings. The molecule has 4 nitrogen and oxygen atoms in total. The molecule has 2 aromatic carbocycles. The van der Waals surface area contributed by atoms with Crippen LogP contribution in [0.3, 0.4) is 0 Å². The van der Waals surface area contributed by atoms with Gasteiger partial charge in [0.1, 0.15) is 5.82 Å². The fraction of sp³-hybridized carbons (Fsp3) is 0.333. The van der Waals surface area contributed by atoms with Crippen molar-refractivity contribution in [2.45, 2.75) is 32.1 Å². The number of nitrogens with one attached hydrogen (secondary N) is 1. The van der Waals surface area contributed by atoms with Crippen LogP contribution in [0, 0.1) is 11.7 Å². The molecular formula is C21H20F4N2O2. The zero-order chi connectivity index (χ0) is 21.2. The van der Waals surface area contributed by atoms with Gasteiger partial charge in [-0.15, -0.1) is 0 Å². The standard InChI is InChI=1S/C21H20F4N2O2/c1-13(15-5-7-18(22)8-6-15)26-20(29)16-10-19(28)27(12-16)11-14-3-2-4-17(9-14)21(23,24)25/h2-9,13,16H,10-12H2,1H3,(H,26,29). The van der Waals surface area contributed by atoms with Gasteiger partial charge in [0.05, 0.1) is 17.5 Å². The summed E-state index contributed by atoms with van der Waals surface area (Å²) in [4.78, 5) is 26.2. The molecule has 1 fully saturated rings. The highest BCUT2D eigenvalue weighted by Crippen LogP contribution is 2.30. The van der Waals surface area contributed by atoms with E-state index < -0.39 is 17.7 Å². The number of hydrogen-bond donors (Lipinski definition) is 1. The first kappa shape index (κ1) is 20.8. The minimum atomic E-state index is -4.45. The second-order valence-corrected chi connectivity index (χ2v) is 7.16. The van der Waals surface area contributed by atoms with E-state index >= 15 is 0 Å². The van der Waals surface area contributed by atoms with Gasteiger partial charge in [0.15, 0.2) is 0 Å². The third-order valence-electron chi connectivity index (χ3n) is 4.94. The SMILES string of the molecule is CC(NC(=O)C1CC(=O)N(Cc2cccc(C(F)(F)F)c2)C1)c1ccc(F)cc1. The fourth-order valence-corrected chi connectivity index (χ4v) is 3.33. The number of alkyl halides is 3. The Hall–Kier alpha value is -2.90. The number of rotatable bonds is 5. The second-order valence-electron chi connectivity index (χ2n) is 7.16. The Morgan fingerprint density at radius 1 is 1.21 bits per heavy atom. The van der Waals surface area contributed by atoms with E-state index in [2.05, 4.69) is 5.32 Å². The maximum Gasteiger partial charge on any atom is 0.416 e. The number of amides is 2. The molecule has 154 valence electrons. The lowest BCUT2D eigenvalue weighted by Crippen LogP contribution is -2.34. The van der Waals surface area contributed by atoms with E-state index in [1.807, 2.05) is 0 Å². The lowest BCUT2D eigenvalue weighted by Gasteiger charge is -2.19. The van der Waals surface area contributed by atoms with E-state index in [-0.39, 0.29) is 43.2 Å². The molecule has 1 aliphatic heterocycles. The maximum absolute atomic E-state index is 13.0. The molecule has 2 amide bonds. The molecule has 1 saturated heterocycles. The minimum Gasteiger partial charge on any atom is -0.349 e. The normalized spacial score (nSPS) is 18.0. The predicted molar refractivity (Wildman–Crippen MR) is 97.9 cm³/mol. The molecule has 29 heavy (non-hydrogen) atoms. The van der Waals surface area contributed by atoms with E-state index in [9.17, 15) is 27.2 Å². The van der Waals surface area contributed by atoms with Crippen molar-refractivity contribution < 1.29 is 27.2 Å². The van der Waals surface area contributed by atoms with Gasteiger partial charge in [-0.25, -0.2) is 4.39 Å². The molecule has 1 aliphatic rings. The van der Waals surface area contributed by atoms with Crippen LogP contribution in [0.2, 0.25) is 0 Å². The van der Waals surface area contributed by atoms with Gasteiger partial charge in [0, 0.05) is 19.5 Å². The van der Waals surface area contributed by atoms with Gasteiger partial charge in [-0.05, 0) is 42.3 Å². The highest BCUT2D eigenvalue weighted by atomic mass is 19.4. The first-order valence-electron chi connectivity index (χ1n) is 9.13. The van der Waals surface area contributed by atoms with Gasteiger partial charge < -0.3 is 10.2 Å². The Labute approximate surface area is 165 Å². The molecular weight excluding hydrogens is 388 g/mol. The zero-order valence-electron chi connectivity index (χ0n) is 15.7. The van der Waals surface area contributed by atoms with Crippen LogP contribution in [0.5, 0.6) is 0 Å². The molecule has 0 aromatic heterocycles. The summed E-state index contributed by atoms with van der Waals surface area (Å²) in [5, 5.41) is 2.80. The van der Waals surface area contributed by atoms with Crippen LogP contribution in [0.15, 0.2) is 48.5 Å². The topological polar surface area (TPSA) is 49.4 Å². The number of nitrogens with zero attached hydrogens (tertiary/aromatic N) is 1. The highest BCUT2D eigenvalue weighted by molar-refractivity contribution is 5.89. The molecule has 2 unspecified atom stereocenters. The van der Waals surface area contributed by atoms with Crippen LogP contribution in [0.4, 0.5) is 17.6 Å². The third kappa shape index (κ3) is 5.13. The zero-order valence-corrected chi connectivity index (χ0v) is 15.7. The van der Waals surface area contributed by atoms with Crippen molar-refractivity contribution in [2.75, 3.05) is 6.54 Å². The van der Waals surface area contributed by atoms with E-state index in [0.29, 0.717) is 5.56 Å². The van der Waals surface area contributed by atoms with E-state index in [0.717, 1.165) is 17.7 Å². The molecule has 0 bridgehead atoms. The largest absolute Gasteiger partial charge is 0.416 e. The molecule has 2 atom stereocenters. The molecule has 8 heteroatoms. The van der Waals surface area contributed by atoms with Crippen LogP contribution >= 0.6 is 0 Å². The summed E-state index contributed by atoms with van der Waals surface area (Å²) in [6.45, 7) is 1.90. The van der Waals surface area contributed by atoms with Crippen LogP contribution in [0.25, 0.3) is 0 Å². The van der Waals surface area contributed by atoms with Crippen molar-refractivity contribution in [3.8, 4) is 0 Å². The number of hydrogen-bond acceptors (Lipinski definition) is 2. The van der Waals surface area contributed by atoms with Crippen molar-refractivity contribution in [3.63, 3.8) is 0 Å². The summed E-state index contributed by atoms with van der Waals surface area (Å²) >= 11 is 0. The van der Waals surface area contributed by atoms with Crippen molar-refractivity contribution in [3.05, 3.63) is 71.0 Å². The highest BCUT2D eigenvalue weighted by Gasteiger charge is 2.35. The summed E-state index contributed by atoms with van der Waals surface area (Å²) in [7, 11) is 0. The minimum absolute atomic E-state index is 0.000925. The van der Waals surface area contributed by atoms with E-state index in [1.54, 1.807) is 19.1 Å². The number of likely N-dealkylation sites (tertiary alicyclic amines) is 1. The van der Waals surface area contributed by atoms with Gasteiger partial charge >= 0.3 is 6.18 Å². The number of halogens is 4. The molecule has 0 spiro atoms. The van der Waals surface area contributed by atoms with Crippen LogP contribution in [-0.2, 0) is 22.3 Å². The van der Waals surface area contributed by atoms with Gasteiger partial charge in [0.25, 0.3) is 0 Å². The monoisotopic (exact) mass is 408 g/mol. The Kier molecular flexibility index (Phi) is 5.91. The molecule has 0 aliphatic carbocycles. The molecule has 1 N–H and O–H groups in total. The quantitative estimate of drug-likeness (QED) is 0.759. The van der Waals surface area contributed by atoms with Crippen LogP contribution < -0.4 is 5.32 Å². The van der Waals surface area contributed by atoms with Crippen LogP contribution in [0.1, 0.15) is 36.1 Å². The molecule has 1 heterocycles. The summed E-state index contributed by atoms with van der Waals surface area (Å²) < 4.78 is 51.6. The Morgan fingerprint density at radius 3 is 2.55 bits per heavy atom. The Bertz CT molecular complexity index is 896. The molecule has 0 radical (unpaired) electrons. The number of carbonyl (C=O) groups is 2. The van der Waals surface area contributed by atoms with Crippen molar-refractivity contribution in [1.29, 1.82) is 0 Å². The first-order chi connectivity index (χ1) is 13.6. The van der Waals surface area contributed by atoms with Gasteiger partial charge in [-0.2, -0.15) is 13.2 Å². The van der Waals surface area contributed by atoms with Crippen molar-refractivity contribution in [2.24, 2.45) is 5.92 Å². The van der Waals surface area contributed by atoms with Crippen molar-refractivity contribution >= 4 is 11.8 Å². The van der Waals surface area contributed by atoms with E-state index in [1.165, 1.54) is 29.2 Å². The number of benzene rings is 2. The molecule has 0 saturated carbocycles. The van der Waals surface area contributed by atoms with Crippen molar-refractivity contribution in [1.82, 2.24) is 10.2 Å². The second kappa shape index (κ2) is 8.23. The fourth-order valence-electron chi connectivity index (χ4n) is 3.33. The average molecular weight is 408 g/mol. The lowest BCUT2D eigenvalue weighted by molar-refractivity contribution is -0.137. The average Bonchev–Trinajstić information content (AvgIpc) is 3.02. The predicted octanol–water partition coefficient (Wildman–Crippen LogP) is 4.07. The van der Waals surface area contributed by atoms with Gasteiger partial charge in [-0.1, -0.05) is 24.3 Å². The smallest absolute Gasteiger partial charge is 0.349 e. The lowest BCUT2D eigenvalue weighted by atomic mass is 10.0. The maximum atomic E-state index is 13.0. The van der Waals surface area contributed by atoms with Gasteiger partial charge in [-0.3, -0.25) is 9.59 Å².